The van der Waals surface area contributed by atoms with Crippen molar-refractivity contribution in [2.24, 2.45) is 5.73 Å². The maximum absolute atomic E-state index is 11.0. The smallest absolute Gasteiger partial charge is 0.305 e. The number of esters is 1. The van der Waals surface area contributed by atoms with Crippen molar-refractivity contribution in [3.8, 4) is 0 Å². The van der Waals surface area contributed by atoms with Gasteiger partial charge < -0.3 is 10.5 Å². The Kier molecular flexibility index (Phi) is 6.21. The SMILES string of the molecule is COC(=O)CCCCC(N)c1ccc(C(C)(C)C)cc1. The van der Waals surface area contributed by atoms with Gasteiger partial charge in [-0.3, -0.25) is 4.79 Å². The number of methoxy groups -OCH3 is 1. The molecule has 3 nitrogen and oxygen atoms in total. The minimum Gasteiger partial charge on any atom is -0.469 e. The van der Waals surface area contributed by atoms with Gasteiger partial charge in [0.2, 0.25) is 0 Å². The zero-order valence-electron chi connectivity index (χ0n) is 13.1. The first-order chi connectivity index (χ1) is 9.34. The van der Waals surface area contributed by atoms with Crippen LogP contribution in [0.2, 0.25) is 0 Å². The lowest BCUT2D eigenvalue weighted by Crippen LogP contribution is -2.13. The summed E-state index contributed by atoms with van der Waals surface area (Å²) in [5.41, 5.74) is 8.84. The molecule has 0 aromatic heterocycles. The Labute approximate surface area is 122 Å². The molecular weight excluding hydrogens is 250 g/mol. The number of carbonyl (C=O) groups excluding carboxylic acids is 1. The van der Waals surface area contributed by atoms with Crippen LogP contribution in [0.1, 0.15) is 63.6 Å². The van der Waals surface area contributed by atoms with Crippen LogP contribution in [-0.4, -0.2) is 13.1 Å². The molecule has 0 saturated carbocycles. The lowest BCUT2D eigenvalue weighted by Gasteiger charge is -2.20. The second-order valence-corrected chi connectivity index (χ2v) is 6.30. The van der Waals surface area contributed by atoms with Gasteiger partial charge >= 0.3 is 5.97 Å². The Morgan fingerprint density at radius 3 is 2.30 bits per heavy atom. The molecule has 0 fully saturated rings. The number of hydrogen-bond acceptors (Lipinski definition) is 3. The molecule has 0 radical (unpaired) electrons. The van der Waals surface area contributed by atoms with E-state index in [0.29, 0.717) is 6.42 Å². The number of ether oxygens (including phenoxy) is 1. The zero-order chi connectivity index (χ0) is 15.2. The van der Waals surface area contributed by atoms with Gasteiger partial charge in [0.1, 0.15) is 0 Å². The number of rotatable bonds is 6. The van der Waals surface area contributed by atoms with Crippen LogP contribution in [0.5, 0.6) is 0 Å². The second kappa shape index (κ2) is 7.44. The van der Waals surface area contributed by atoms with Crippen LogP contribution in [0.25, 0.3) is 0 Å². The van der Waals surface area contributed by atoms with Crippen LogP contribution in [0, 0.1) is 0 Å². The molecule has 1 rings (SSSR count). The molecule has 0 spiro atoms. The van der Waals surface area contributed by atoms with E-state index >= 15 is 0 Å². The van der Waals surface area contributed by atoms with Crippen molar-refractivity contribution in [3.63, 3.8) is 0 Å². The number of hydrogen-bond donors (Lipinski definition) is 1. The summed E-state index contributed by atoms with van der Waals surface area (Å²) in [5, 5.41) is 0. The number of nitrogens with two attached hydrogens (primary N) is 1. The van der Waals surface area contributed by atoms with E-state index in [2.05, 4.69) is 49.8 Å². The largest absolute Gasteiger partial charge is 0.469 e. The average molecular weight is 277 g/mol. The minimum atomic E-state index is -0.145. The Morgan fingerprint density at radius 2 is 1.80 bits per heavy atom. The van der Waals surface area contributed by atoms with Crippen LogP contribution >= 0.6 is 0 Å². The third-order valence-electron chi connectivity index (χ3n) is 3.58. The molecule has 0 aliphatic rings. The first-order valence-electron chi connectivity index (χ1n) is 7.27. The predicted molar refractivity (Wildman–Crippen MR) is 82.6 cm³/mol. The molecule has 112 valence electrons. The van der Waals surface area contributed by atoms with Gasteiger partial charge in [0.15, 0.2) is 0 Å². The average Bonchev–Trinajstić information content (AvgIpc) is 2.42. The lowest BCUT2D eigenvalue weighted by atomic mass is 9.86. The molecule has 1 aromatic carbocycles. The van der Waals surface area contributed by atoms with E-state index in [1.54, 1.807) is 0 Å². The highest BCUT2D eigenvalue weighted by molar-refractivity contribution is 5.68. The molecule has 0 aliphatic carbocycles. The third-order valence-corrected chi connectivity index (χ3v) is 3.58. The fourth-order valence-corrected chi connectivity index (χ4v) is 2.13. The van der Waals surface area contributed by atoms with Crippen molar-refractivity contribution < 1.29 is 9.53 Å². The molecule has 0 heterocycles. The number of carbonyl (C=O) groups is 1. The van der Waals surface area contributed by atoms with E-state index in [1.807, 2.05) is 0 Å². The van der Waals surface area contributed by atoms with Gasteiger partial charge in [-0.05, 0) is 29.4 Å². The van der Waals surface area contributed by atoms with Crippen LogP contribution < -0.4 is 5.73 Å². The summed E-state index contributed by atoms with van der Waals surface area (Å²) in [6.45, 7) is 6.61. The molecule has 0 bridgehead atoms. The highest BCUT2D eigenvalue weighted by Gasteiger charge is 2.14. The van der Waals surface area contributed by atoms with Crippen molar-refractivity contribution in [3.05, 3.63) is 35.4 Å². The lowest BCUT2D eigenvalue weighted by molar-refractivity contribution is -0.140. The molecular formula is C17H27NO2. The van der Waals surface area contributed by atoms with Crippen molar-refractivity contribution in [2.45, 2.75) is 57.9 Å². The molecule has 1 unspecified atom stereocenters. The molecule has 1 aromatic rings. The first kappa shape index (κ1) is 16.7. The van der Waals surface area contributed by atoms with Gasteiger partial charge in [-0.1, -0.05) is 51.5 Å². The van der Waals surface area contributed by atoms with E-state index in [1.165, 1.54) is 12.7 Å². The Bertz CT molecular complexity index is 418. The normalized spacial score (nSPS) is 13.1. The maximum atomic E-state index is 11.0. The molecule has 0 amide bonds. The summed E-state index contributed by atoms with van der Waals surface area (Å²) in [4.78, 5) is 11.0. The van der Waals surface area contributed by atoms with E-state index in [4.69, 9.17) is 5.73 Å². The van der Waals surface area contributed by atoms with E-state index < -0.39 is 0 Å². The zero-order valence-corrected chi connectivity index (χ0v) is 13.1. The molecule has 0 saturated heterocycles. The van der Waals surface area contributed by atoms with E-state index in [-0.39, 0.29) is 17.4 Å². The van der Waals surface area contributed by atoms with Crippen molar-refractivity contribution >= 4 is 5.97 Å². The third kappa shape index (κ3) is 5.33. The summed E-state index contributed by atoms with van der Waals surface area (Å²) < 4.78 is 4.62. The quantitative estimate of drug-likeness (QED) is 0.637. The van der Waals surface area contributed by atoms with Gasteiger partial charge in [-0.15, -0.1) is 0 Å². The van der Waals surface area contributed by atoms with Crippen LogP contribution in [0.3, 0.4) is 0 Å². The monoisotopic (exact) mass is 277 g/mol. The molecule has 1 atom stereocenters. The second-order valence-electron chi connectivity index (χ2n) is 6.30. The van der Waals surface area contributed by atoms with Gasteiger partial charge in [0, 0.05) is 12.5 Å². The first-order valence-corrected chi connectivity index (χ1v) is 7.27. The van der Waals surface area contributed by atoms with Gasteiger partial charge in [-0.2, -0.15) is 0 Å². The van der Waals surface area contributed by atoms with Gasteiger partial charge in [-0.25, -0.2) is 0 Å². The summed E-state index contributed by atoms with van der Waals surface area (Å²) >= 11 is 0. The summed E-state index contributed by atoms with van der Waals surface area (Å²) in [5.74, 6) is -0.145. The van der Waals surface area contributed by atoms with Crippen LogP contribution in [0.15, 0.2) is 24.3 Å². The fraction of sp³-hybridized carbons (Fsp3) is 0.588. The highest BCUT2D eigenvalue weighted by Crippen LogP contribution is 2.24. The van der Waals surface area contributed by atoms with Crippen molar-refractivity contribution in [1.82, 2.24) is 0 Å². The topological polar surface area (TPSA) is 52.3 Å². The fourth-order valence-electron chi connectivity index (χ4n) is 2.13. The Morgan fingerprint density at radius 1 is 1.20 bits per heavy atom. The summed E-state index contributed by atoms with van der Waals surface area (Å²) in [6, 6.07) is 8.59. The van der Waals surface area contributed by atoms with Crippen molar-refractivity contribution in [2.75, 3.05) is 7.11 Å². The molecule has 0 aliphatic heterocycles. The van der Waals surface area contributed by atoms with E-state index in [9.17, 15) is 4.79 Å². The van der Waals surface area contributed by atoms with Crippen LogP contribution in [0.4, 0.5) is 0 Å². The molecule has 2 N–H and O–H groups in total. The minimum absolute atomic E-state index is 0.0432. The van der Waals surface area contributed by atoms with Gasteiger partial charge in [0.05, 0.1) is 7.11 Å². The van der Waals surface area contributed by atoms with Crippen molar-refractivity contribution in [1.29, 1.82) is 0 Å². The van der Waals surface area contributed by atoms with Crippen LogP contribution in [-0.2, 0) is 14.9 Å². The predicted octanol–water partition coefficient (Wildman–Crippen LogP) is 3.72. The summed E-state index contributed by atoms with van der Waals surface area (Å²) in [6.07, 6.45) is 3.15. The van der Waals surface area contributed by atoms with Gasteiger partial charge in [0.25, 0.3) is 0 Å². The number of unbranched alkanes of at least 4 members (excludes halogenated alkanes) is 1. The Balaban J connectivity index is 2.44. The molecule has 3 heteroatoms. The maximum Gasteiger partial charge on any atom is 0.305 e. The Hall–Kier alpha value is -1.35. The standard InChI is InChI=1S/C17H27NO2/c1-17(2,3)14-11-9-13(10-12-14)15(18)7-5-6-8-16(19)20-4/h9-12,15H,5-8,18H2,1-4H3. The van der Waals surface area contributed by atoms with E-state index in [0.717, 1.165) is 24.8 Å². The number of benzene rings is 1. The summed E-state index contributed by atoms with van der Waals surface area (Å²) in [7, 11) is 1.42. The molecule has 20 heavy (non-hydrogen) atoms. The highest BCUT2D eigenvalue weighted by atomic mass is 16.5.